The van der Waals surface area contributed by atoms with E-state index in [0.29, 0.717) is 5.57 Å². The molecular weight excluding hydrogens is 90.1 g/mol. The Morgan fingerprint density at radius 1 is 1.57 bits per heavy atom. The number of aliphatic hydroxyl groups is 1. The summed E-state index contributed by atoms with van der Waals surface area (Å²) in [7, 11) is 0. The van der Waals surface area contributed by atoms with Crippen LogP contribution in [0.15, 0.2) is 11.3 Å². The highest BCUT2D eigenvalue weighted by Crippen LogP contribution is 1.94. The first-order chi connectivity index (χ1) is 3.18. The Labute approximate surface area is 42.7 Å². The highest BCUT2D eigenvalue weighted by Gasteiger charge is 1.86. The van der Waals surface area contributed by atoms with Gasteiger partial charge in [0, 0.05) is 0 Å². The number of aliphatic hydroxyl groups excluding tert-OH is 1. The molecule has 38 valence electrons. The van der Waals surface area contributed by atoms with Crippen LogP contribution >= 0.6 is 0 Å². The average Bonchev–Trinajstić information content (AvgIpc) is 1.65. The molecule has 0 bridgehead atoms. The standard InChI is InChI=1S/C5H7NO/c1-4(3-6)5(2)7/h7H,1-2H3. The molecule has 0 aliphatic rings. The summed E-state index contributed by atoms with van der Waals surface area (Å²) in [5, 5.41) is 16.5. The lowest BCUT2D eigenvalue weighted by Crippen LogP contribution is -1.74. The second-order valence-electron chi connectivity index (χ2n) is 1.32. The van der Waals surface area contributed by atoms with Crippen LogP contribution in [0.2, 0.25) is 0 Å². The van der Waals surface area contributed by atoms with Crippen molar-refractivity contribution in [1.82, 2.24) is 0 Å². The smallest absolute Gasteiger partial charge is 0.102 e. The minimum atomic E-state index is 0.0995. The van der Waals surface area contributed by atoms with Crippen molar-refractivity contribution in [2.75, 3.05) is 0 Å². The van der Waals surface area contributed by atoms with E-state index in [-0.39, 0.29) is 5.76 Å². The number of rotatable bonds is 0. The fourth-order valence-corrected chi connectivity index (χ4v) is 0.0809. The molecule has 0 aliphatic heterocycles. The summed E-state index contributed by atoms with van der Waals surface area (Å²) in [6.45, 7) is 3.05. The van der Waals surface area contributed by atoms with Gasteiger partial charge in [0.25, 0.3) is 0 Å². The van der Waals surface area contributed by atoms with Crippen LogP contribution in [0.25, 0.3) is 0 Å². The van der Waals surface area contributed by atoms with Gasteiger partial charge in [-0.05, 0) is 13.8 Å². The first-order valence-electron chi connectivity index (χ1n) is 1.95. The molecule has 0 aromatic carbocycles. The zero-order valence-electron chi connectivity index (χ0n) is 4.39. The topological polar surface area (TPSA) is 44.0 Å². The molecule has 0 amide bonds. The van der Waals surface area contributed by atoms with E-state index in [4.69, 9.17) is 10.4 Å². The molecule has 2 heteroatoms. The maximum absolute atomic E-state index is 8.48. The minimum absolute atomic E-state index is 0.0995. The van der Waals surface area contributed by atoms with Gasteiger partial charge < -0.3 is 5.11 Å². The Bertz CT molecular complexity index is 126. The second kappa shape index (κ2) is 2.25. The zero-order chi connectivity index (χ0) is 5.86. The maximum Gasteiger partial charge on any atom is 0.102 e. The van der Waals surface area contributed by atoms with Crippen LogP contribution in [0.5, 0.6) is 0 Å². The summed E-state index contributed by atoms with van der Waals surface area (Å²) in [6.07, 6.45) is 0. The molecule has 0 saturated heterocycles. The van der Waals surface area contributed by atoms with Crippen LogP contribution in [0.4, 0.5) is 0 Å². The van der Waals surface area contributed by atoms with Gasteiger partial charge in [-0.1, -0.05) is 0 Å². The van der Waals surface area contributed by atoms with E-state index in [1.165, 1.54) is 6.92 Å². The summed E-state index contributed by atoms with van der Waals surface area (Å²) in [5.74, 6) is 0.0995. The summed E-state index contributed by atoms with van der Waals surface area (Å²) in [5.41, 5.74) is 0.375. The van der Waals surface area contributed by atoms with Gasteiger partial charge in [0.05, 0.1) is 11.6 Å². The maximum atomic E-state index is 8.48. The molecule has 0 aliphatic carbocycles. The quantitative estimate of drug-likeness (QED) is 0.366. The molecule has 0 unspecified atom stereocenters. The van der Waals surface area contributed by atoms with E-state index in [9.17, 15) is 0 Å². The van der Waals surface area contributed by atoms with Crippen LogP contribution in [0, 0.1) is 11.3 Å². The van der Waals surface area contributed by atoms with Crippen molar-refractivity contribution >= 4 is 0 Å². The predicted octanol–water partition coefficient (Wildman–Crippen LogP) is 1.36. The van der Waals surface area contributed by atoms with Crippen molar-refractivity contribution in [2.24, 2.45) is 0 Å². The monoisotopic (exact) mass is 97.1 g/mol. The number of nitriles is 1. The van der Waals surface area contributed by atoms with Crippen molar-refractivity contribution in [1.29, 1.82) is 5.26 Å². The average molecular weight is 97.1 g/mol. The zero-order valence-corrected chi connectivity index (χ0v) is 4.39. The third-order valence-electron chi connectivity index (χ3n) is 0.710. The molecular formula is C5H7NO. The normalized spacial score (nSPS) is 12.1. The lowest BCUT2D eigenvalue weighted by atomic mass is 10.3. The molecule has 7 heavy (non-hydrogen) atoms. The first kappa shape index (κ1) is 6.03. The van der Waals surface area contributed by atoms with Gasteiger partial charge >= 0.3 is 0 Å². The van der Waals surface area contributed by atoms with Crippen LogP contribution in [0.1, 0.15) is 13.8 Å². The minimum Gasteiger partial charge on any atom is -0.512 e. The Kier molecular flexibility index (Phi) is 1.94. The van der Waals surface area contributed by atoms with E-state index in [1.54, 1.807) is 13.0 Å². The van der Waals surface area contributed by atoms with Gasteiger partial charge in [0.2, 0.25) is 0 Å². The SMILES string of the molecule is CC(O)=C(C)C#N. The fraction of sp³-hybridized carbons (Fsp3) is 0.400. The van der Waals surface area contributed by atoms with E-state index in [0.717, 1.165) is 0 Å². The van der Waals surface area contributed by atoms with Crippen molar-refractivity contribution in [2.45, 2.75) is 13.8 Å². The van der Waals surface area contributed by atoms with E-state index >= 15 is 0 Å². The fourth-order valence-electron chi connectivity index (χ4n) is 0.0809. The Hall–Kier alpha value is -0.970. The van der Waals surface area contributed by atoms with Crippen LogP contribution < -0.4 is 0 Å². The van der Waals surface area contributed by atoms with Crippen molar-refractivity contribution in [3.63, 3.8) is 0 Å². The molecule has 0 atom stereocenters. The van der Waals surface area contributed by atoms with Gasteiger partial charge in [-0.25, -0.2) is 0 Å². The molecule has 0 radical (unpaired) electrons. The molecule has 2 nitrogen and oxygen atoms in total. The third-order valence-corrected chi connectivity index (χ3v) is 0.710. The molecule has 0 spiro atoms. The molecule has 0 fully saturated rings. The molecule has 0 heterocycles. The van der Waals surface area contributed by atoms with E-state index < -0.39 is 0 Å². The number of hydrogen-bond donors (Lipinski definition) is 1. The summed E-state index contributed by atoms with van der Waals surface area (Å²) >= 11 is 0. The van der Waals surface area contributed by atoms with Crippen molar-refractivity contribution in [3.8, 4) is 6.07 Å². The van der Waals surface area contributed by atoms with Crippen molar-refractivity contribution in [3.05, 3.63) is 11.3 Å². The van der Waals surface area contributed by atoms with E-state index in [1.807, 2.05) is 0 Å². The van der Waals surface area contributed by atoms with Crippen LogP contribution in [0.3, 0.4) is 0 Å². The van der Waals surface area contributed by atoms with Gasteiger partial charge in [-0.3, -0.25) is 0 Å². The number of nitrogens with zero attached hydrogens (tertiary/aromatic N) is 1. The predicted molar refractivity (Wildman–Crippen MR) is 26.6 cm³/mol. The summed E-state index contributed by atoms with van der Waals surface area (Å²) < 4.78 is 0. The Morgan fingerprint density at radius 2 is 2.00 bits per heavy atom. The molecule has 0 rings (SSSR count). The van der Waals surface area contributed by atoms with Gasteiger partial charge in [-0.15, -0.1) is 0 Å². The Morgan fingerprint density at radius 3 is 2.00 bits per heavy atom. The van der Waals surface area contributed by atoms with Crippen molar-refractivity contribution < 1.29 is 5.11 Å². The van der Waals surface area contributed by atoms with E-state index in [2.05, 4.69) is 0 Å². The summed E-state index contributed by atoms with van der Waals surface area (Å²) in [6, 6.07) is 1.79. The van der Waals surface area contributed by atoms with Crippen LogP contribution in [-0.2, 0) is 0 Å². The van der Waals surface area contributed by atoms with Gasteiger partial charge in [0.1, 0.15) is 5.76 Å². The number of hydrogen-bond acceptors (Lipinski definition) is 2. The summed E-state index contributed by atoms with van der Waals surface area (Å²) in [4.78, 5) is 0. The lowest BCUT2D eigenvalue weighted by Gasteiger charge is -1.84. The van der Waals surface area contributed by atoms with Gasteiger partial charge in [-0.2, -0.15) is 5.26 Å². The highest BCUT2D eigenvalue weighted by molar-refractivity contribution is 5.19. The second-order valence-corrected chi connectivity index (χ2v) is 1.32. The lowest BCUT2D eigenvalue weighted by molar-refractivity contribution is 0.409. The molecule has 0 aromatic heterocycles. The molecule has 0 saturated carbocycles. The third kappa shape index (κ3) is 1.83. The largest absolute Gasteiger partial charge is 0.512 e. The van der Waals surface area contributed by atoms with Crippen LogP contribution in [-0.4, -0.2) is 5.11 Å². The molecule has 1 N–H and O–H groups in total. The molecule has 0 aromatic rings. The first-order valence-corrected chi connectivity index (χ1v) is 1.95. The van der Waals surface area contributed by atoms with Gasteiger partial charge in [0.15, 0.2) is 0 Å². The Balaban J connectivity index is 4.07. The highest BCUT2D eigenvalue weighted by atomic mass is 16.3. The number of allylic oxidation sites excluding steroid dienone is 2.